The van der Waals surface area contributed by atoms with E-state index in [9.17, 15) is 4.79 Å². The number of hydrogen-bond acceptors (Lipinski definition) is 4. The first-order valence-corrected chi connectivity index (χ1v) is 5.02. The van der Waals surface area contributed by atoms with Crippen LogP contribution in [-0.2, 0) is 11.3 Å². The summed E-state index contributed by atoms with van der Waals surface area (Å²) in [6, 6.07) is 0. The van der Waals surface area contributed by atoms with Gasteiger partial charge in [-0.25, -0.2) is 4.68 Å². The zero-order valence-corrected chi connectivity index (χ0v) is 8.41. The quantitative estimate of drug-likeness (QED) is 0.703. The molecule has 1 aliphatic rings. The highest BCUT2D eigenvalue weighted by molar-refractivity contribution is 5.76. The van der Waals surface area contributed by atoms with E-state index in [0.717, 1.165) is 13.0 Å². The summed E-state index contributed by atoms with van der Waals surface area (Å²) in [6.45, 7) is 1.79. The molecule has 0 radical (unpaired) electrons. The summed E-state index contributed by atoms with van der Waals surface area (Å²) in [5.41, 5.74) is 0. The molecule has 0 aromatic carbocycles. The summed E-state index contributed by atoms with van der Waals surface area (Å²) in [5.74, 6) is 0.279. The van der Waals surface area contributed by atoms with E-state index in [-0.39, 0.29) is 25.0 Å². The number of aliphatic hydroxyl groups is 1. The number of amides is 1. The molecule has 1 amide bonds. The lowest BCUT2D eigenvalue weighted by atomic mass is 10.1. The van der Waals surface area contributed by atoms with Crippen molar-refractivity contribution in [3.8, 4) is 0 Å². The van der Waals surface area contributed by atoms with Gasteiger partial charge < -0.3 is 10.0 Å². The fourth-order valence-corrected chi connectivity index (χ4v) is 1.76. The monoisotopic (exact) mass is 210 g/mol. The number of nitrogens with zero attached hydrogens (tertiary/aromatic N) is 4. The maximum atomic E-state index is 11.7. The average molecular weight is 210 g/mol. The van der Waals surface area contributed by atoms with Crippen LogP contribution in [0.2, 0.25) is 0 Å². The van der Waals surface area contributed by atoms with Crippen molar-refractivity contribution in [2.45, 2.75) is 13.0 Å². The first kappa shape index (κ1) is 10.1. The Kier molecular flexibility index (Phi) is 2.96. The van der Waals surface area contributed by atoms with Crippen molar-refractivity contribution in [1.82, 2.24) is 19.9 Å². The summed E-state index contributed by atoms with van der Waals surface area (Å²) in [5, 5.41) is 16.3. The van der Waals surface area contributed by atoms with Gasteiger partial charge >= 0.3 is 0 Å². The summed E-state index contributed by atoms with van der Waals surface area (Å²) < 4.78 is 1.51. The van der Waals surface area contributed by atoms with Gasteiger partial charge in [0, 0.05) is 31.8 Å². The first-order valence-electron chi connectivity index (χ1n) is 5.02. The lowest BCUT2D eigenvalue weighted by Crippen LogP contribution is -2.32. The summed E-state index contributed by atoms with van der Waals surface area (Å²) >= 11 is 0. The molecule has 6 nitrogen and oxygen atoms in total. The molecular formula is C9H14N4O2. The molecule has 82 valence electrons. The van der Waals surface area contributed by atoms with Crippen molar-refractivity contribution in [2.24, 2.45) is 5.92 Å². The molecule has 0 bridgehead atoms. The maximum absolute atomic E-state index is 11.7. The van der Waals surface area contributed by atoms with Gasteiger partial charge in [-0.15, -0.1) is 5.10 Å². The van der Waals surface area contributed by atoms with Gasteiger partial charge in [-0.05, 0) is 6.42 Å². The number of likely N-dealkylation sites (tertiary alicyclic amines) is 1. The van der Waals surface area contributed by atoms with Crippen LogP contribution < -0.4 is 0 Å². The second-order valence-electron chi connectivity index (χ2n) is 3.78. The lowest BCUT2D eigenvalue weighted by Gasteiger charge is -2.15. The number of carbonyl (C=O) groups excluding carboxylic acids is 1. The molecule has 1 atom stereocenters. The van der Waals surface area contributed by atoms with Crippen molar-refractivity contribution in [3.05, 3.63) is 12.4 Å². The minimum Gasteiger partial charge on any atom is -0.396 e. The normalized spacial score (nSPS) is 20.9. The van der Waals surface area contributed by atoms with Crippen LogP contribution in [0.3, 0.4) is 0 Å². The van der Waals surface area contributed by atoms with Crippen LogP contribution in [0.4, 0.5) is 0 Å². The van der Waals surface area contributed by atoms with Gasteiger partial charge in [0.25, 0.3) is 0 Å². The number of carbonyl (C=O) groups is 1. The predicted octanol–water partition coefficient (Wildman–Crippen LogP) is -0.881. The van der Waals surface area contributed by atoms with Crippen LogP contribution in [0.1, 0.15) is 6.42 Å². The van der Waals surface area contributed by atoms with E-state index < -0.39 is 0 Å². The molecule has 6 heteroatoms. The fraction of sp³-hybridized carbons (Fsp3) is 0.667. The van der Waals surface area contributed by atoms with Gasteiger partial charge in [-0.3, -0.25) is 4.79 Å². The van der Waals surface area contributed by atoms with Gasteiger partial charge in [0.05, 0.1) is 6.20 Å². The highest BCUT2D eigenvalue weighted by Crippen LogP contribution is 2.15. The maximum Gasteiger partial charge on any atom is 0.244 e. The van der Waals surface area contributed by atoms with Crippen molar-refractivity contribution < 1.29 is 9.90 Å². The summed E-state index contributed by atoms with van der Waals surface area (Å²) in [6.07, 6.45) is 4.10. The smallest absolute Gasteiger partial charge is 0.244 e. The standard InChI is InChI=1S/C9H14N4O2/c14-7-8-1-3-12(5-8)9(15)6-13-4-2-10-11-13/h2,4,8,14H,1,3,5-7H2. The van der Waals surface area contributed by atoms with Crippen LogP contribution in [0, 0.1) is 5.92 Å². The molecule has 0 saturated carbocycles. The van der Waals surface area contributed by atoms with Crippen LogP contribution >= 0.6 is 0 Å². The SMILES string of the molecule is O=C(Cn1ccnn1)N1CCC(CO)C1. The third kappa shape index (κ3) is 2.33. The Morgan fingerprint density at radius 3 is 3.07 bits per heavy atom. The molecule has 0 aliphatic carbocycles. The highest BCUT2D eigenvalue weighted by Gasteiger charge is 2.25. The Bertz CT molecular complexity index is 325. The Hall–Kier alpha value is -1.43. The molecule has 1 fully saturated rings. The van der Waals surface area contributed by atoms with Gasteiger partial charge in [0.15, 0.2) is 0 Å². The van der Waals surface area contributed by atoms with Crippen molar-refractivity contribution in [3.63, 3.8) is 0 Å². The Morgan fingerprint density at radius 2 is 2.47 bits per heavy atom. The number of aromatic nitrogens is 3. The van der Waals surface area contributed by atoms with Crippen molar-refractivity contribution in [2.75, 3.05) is 19.7 Å². The second-order valence-corrected chi connectivity index (χ2v) is 3.78. The molecular weight excluding hydrogens is 196 g/mol. The Morgan fingerprint density at radius 1 is 1.60 bits per heavy atom. The third-order valence-corrected chi connectivity index (χ3v) is 2.67. The second kappa shape index (κ2) is 4.39. The molecule has 1 N–H and O–H groups in total. The molecule has 0 spiro atoms. The van der Waals surface area contributed by atoms with Crippen LogP contribution in [0.5, 0.6) is 0 Å². The molecule has 2 rings (SSSR count). The number of aliphatic hydroxyl groups excluding tert-OH is 1. The van der Waals surface area contributed by atoms with E-state index in [4.69, 9.17) is 5.11 Å². The van der Waals surface area contributed by atoms with E-state index in [1.807, 2.05) is 0 Å². The van der Waals surface area contributed by atoms with Gasteiger partial charge in [-0.2, -0.15) is 0 Å². The van der Waals surface area contributed by atoms with Crippen LogP contribution in [0.15, 0.2) is 12.4 Å². The van der Waals surface area contributed by atoms with E-state index in [0.29, 0.717) is 6.54 Å². The highest BCUT2D eigenvalue weighted by atomic mass is 16.3. The van der Waals surface area contributed by atoms with Crippen molar-refractivity contribution >= 4 is 5.91 Å². The first-order chi connectivity index (χ1) is 7.29. The molecule has 1 aliphatic heterocycles. The minimum absolute atomic E-state index is 0.0384. The summed E-state index contributed by atoms with van der Waals surface area (Å²) in [4.78, 5) is 13.5. The topological polar surface area (TPSA) is 71.2 Å². The predicted molar refractivity (Wildman–Crippen MR) is 51.8 cm³/mol. The molecule has 1 aromatic rings. The van der Waals surface area contributed by atoms with Gasteiger partial charge in [0.1, 0.15) is 6.54 Å². The van der Waals surface area contributed by atoms with E-state index >= 15 is 0 Å². The molecule has 1 saturated heterocycles. The van der Waals surface area contributed by atoms with Gasteiger partial charge in [0.2, 0.25) is 5.91 Å². The molecule has 1 aromatic heterocycles. The number of hydrogen-bond donors (Lipinski definition) is 1. The van der Waals surface area contributed by atoms with Crippen molar-refractivity contribution in [1.29, 1.82) is 0 Å². The Balaban J connectivity index is 1.87. The minimum atomic E-state index is 0.0384. The zero-order valence-electron chi connectivity index (χ0n) is 8.41. The largest absolute Gasteiger partial charge is 0.396 e. The van der Waals surface area contributed by atoms with E-state index in [1.165, 1.54) is 4.68 Å². The molecule has 1 unspecified atom stereocenters. The fourth-order valence-electron chi connectivity index (χ4n) is 1.76. The van der Waals surface area contributed by atoms with E-state index in [2.05, 4.69) is 10.3 Å². The average Bonchev–Trinajstić information content (AvgIpc) is 2.86. The van der Waals surface area contributed by atoms with Crippen LogP contribution in [-0.4, -0.2) is 50.6 Å². The zero-order chi connectivity index (χ0) is 10.7. The number of rotatable bonds is 3. The lowest BCUT2D eigenvalue weighted by molar-refractivity contribution is -0.131. The molecule has 15 heavy (non-hydrogen) atoms. The molecule has 2 heterocycles. The third-order valence-electron chi connectivity index (χ3n) is 2.67. The summed E-state index contributed by atoms with van der Waals surface area (Å²) in [7, 11) is 0. The van der Waals surface area contributed by atoms with E-state index in [1.54, 1.807) is 17.3 Å². The van der Waals surface area contributed by atoms with Crippen LogP contribution in [0.25, 0.3) is 0 Å². The Labute approximate surface area is 87.5 Å². The van der Waals surface area contributed by atoms with Gasteiger partial charge in [-0.1, -0.05) is 5.21 Å².